The highest BCUT2D eigenvalue weighted by Crippen LogP contribution is 2.48. The fourth-order valence-corrected chi connectivity index (χ4v) is 6.16. The van der Waals surface area contributed by atoms with Crippen LogP contribution in [0.25, 0.3) is 0 Å². The highest BCUT2D eigenvalue weighted by Gasteiger charge is 2.56. The summed E-state index contributed by atoms with van der Waals surface area (Å²) < 4.78 is 56.1. The molecule has 0 aromatic carbocycles. The summed E-state index contributed by atoms with van der Waals surface area (Å²) in [6, 6.07) is 1.06. The van der Waals surface area contributed by atoms with E-state index in [1.54, 1.807) is 4.57 Å². The summed E-state index contributed by atoms with van der Waals surface area (Å²) in [5, 5.41) is 20.9. The van der Waals surface area contributed by atoms with E-state index >= 15 is 0 Å². The second-order valence-electron chi connectivity index (χ2n) is 10.3. The predicted octanol–water partition coefficient (Wildman–Crippen LogP) is 4.22. The number of amides is 2. The molecule has 0 saturated heterocycles. The van der Waals surface area contributed by atoms with Gasteiger partial charge >= 0.3 is 0 Å². The van der Waals surface area contributed by atoms with Crippen LogP contribution in [0.3, 0.4) is 0 Å². The van der Waals surface area contributed by atoms with Gasteiger partial charge in [0, 0.05) is 48.8 Å². The van der Waals surface area contributed by atoms with Crippen molar-refractivity contribution in [2.75, 3.05) is 17.2 Å². The number of anilines is 3. The number of carbonyl (C=O) groups is 2. The molecule has 208 valence electrons. The molecule has 3 N–H and O–H groups in total. The summed E-state index contributed by atoms with van der Waals surface area (Å²) in [7, 11) is 1.53. The maximum Gasteiger partial charge on any atom is 0.282 e. The van der Waals surface area contributed by atoms with Crippen molar-refractivity contribution < 1.29 is 27.2 Å². The number of hydrogen-bond donors (Lipinski definition) is 3. The number of nitrogens with zero attached hydrogens (tertiary/aromatic N) is 5. The zero-order chi connectivity index (χ0) is 27.5. The molecule has 15 heteroatoms. The normalized spacial score (nSPS) is 21.5. The number of halogens is 4. The van der Waals surface area contributed by atoms with E-state index in [4.69, 9.17) is 0 Å². The van der Waals surface area contributed by atoms with Gasteiger partial charge in [0.1, 0.15) is 22.8 Å². The smallest absolute Gasteiger partial charge is 0.282 e. The number of alkyl halides is 4. The summed E-state index contributed by atoms with van der Waals surface area (Å²) in [5.74, 6) is -3.69. The van der Waals surface area contributed by atoms with Gasteiger partial charge in [0.2, 0.25) is 11.9 Å². The van der Waals surface area contributed by atoms with Crippen molar-refractivity contribution in [3.05, 3.63) is 34.1 Å². The van der Waals surface area contributed by atoms with E-state index in [0.29, 0.717) is 41.6 Å². The average Bonchev–Trinajstić information content (AvgIpc) is 3.67. The Morgan fingerprint density at radius 1 is 1.26 bits per heavy atom. The van der Waals surface area contributed by atoms with Crippen LogP contribution in [0.4, 0.5) is 34.3 Å². The van der Waals surface area contributed by atoms with Gasteiger partial charge < -0.3 is 16.0 Å². The van der Waals surface area contributed by atoms with E-state index in [2.05, 4.69) is 31.2 Å². The van der Waals surface area contributed by atoms with Gasteiger partial charge in [0.25, 0.3) is 18.3 Å². The van der Waals surface area contributed by atoms with E-state index in [9.17, 15) is 27.2 Å². The average molecular weight is 567 g/mol. The monoisotopic (exact) mass is 566 g/mol. The van der Waals surface area contributed by atoms with Gasteiger partial charge in [-0.2, -0.15) is 5.10 Å². The zero-order valence-corrected chi connectivity index (χ0v) is 21.7. The molecule has 0 bridgehead atoms. The Bertz CT molecular complexity index is 1430. The van der Waals surface area contributed by atoms with E-state index in [1.165, 1.54) is 35.5 Å². The van der Waals surface area contributed by atoms with Gasteiger partial charge in [-0.25, -0.2) is 17.6 Å². The van der Waals surface area contributed by atoms with E-state index < -0.39 is 24.2 Å². The number of nitrogens with one attached hydrogen (secondary N) is 3. The van der Waals surface area contributed by atoms with Crippen LogP contribution in [-0.4, -0.2) is 48.8 Å². The first kappa shape index (κ1) is 25.8. The lowest BCUT2D eigenvalue weighted by Gasteiger charge is -2.25. The Kier molecular flexibility index (Phi) is 6.35. The van der Waals surface area contributed by atoms with Gasteiger partial charge in [-0.05, 0) is 37.7 Å². The second-order valence-corrected chi connectivity index (χ2v) is 11.4. The molecule has 0 radical (unpaired) electrons. The van der Waals surface area contributed by atoms with Crippen molar-refractivity contribution >= 4 is 39.9 Å². The van der Waals surface area contributed by atoms with E-state index in [1.807, 2.05) is 0 Å². The second kappa shape index (κ2) is 9.61. The Morgan fingerprint density at radius 3 is 2.69 bits per heavy atom. The van der Waals surface area contributed by atoms with Crippen molar-refractivity contribution in [2.45, 2.75) is 56.9 Å². The maximum atomic E-state index is 13.4. The number of carbonyl (C=O) groups excluding carboxylic acids is 2. The molecule has 39 heavy (non-hydrogen) atoms. The van der Waals surface area contributed by atoms with Crippen molar-refractivity contribution in [1.29, 1.82) is 0 Å². The Hall–Kier alpha value is -3.49. The molecule has 3 aliphatic carbocycles. The molecule has 3 heterocycles. The van der Waals surface area contributed by atoms with Crippen LogP contribution in [0.15, 0.2) is 12.4 Å². The third-order valence-corrected chi connectivity index (χ3v) is 8.65. The highest BCUT2D eigenvalue weighted by molar-refractivity contribution is 7.17. The van der Waals surface area contributed by atoms with Gasteiger partial charge in [0.05, 0.1) is 5.56 Å². The largest absolute Gasteiger partial charge is 0.351 e. The summed E-state index contributed by atoms with van der Waals surface area (Å²) in [6.07, 6.45) is 1.87. The molecular formula is C24H26F4N8O2S. The third-order valence-electron chi connectivity index (χ3n) is 7.44. The summed E-state index contributed by atoms with van der Waals surface area (Å²) >= 11 is 1.35. The minimum absolute atomic E-state index is 0.0683. The Labute approximate surface area is 224 Å². The number of fused-ring (bicyclic) bond motifs is 1. The standard InChI is InChI=1S/C24H26F4N8O2S/c1-35-17(7-15(34-35)19(25)26)31-23-33-30-10-36(23)13-4-5-16-14(6-13)18(21(38)29-9-12-8-24(12,27)28)22(39-16)32-20(37)11-2-3-11/h7,10-13,19H,2-6,8-9H2,1H3,(H,29,38)(H,31,33)(H,32,37)/t12-,13-/m0/s1. The molecule has 2 atom stereocenters. The summed E-state index contributed by atoms with van der Waals surface area (Å²) in [4.78, 5) is 26.8. The van der Waals surface area contributed by atoms with Gasteiger partial charge in [0.15, 0.2) is 0 Å². The third kappa shape index (κ3) is 5.11. The van der Waals surface area contributed by atoms with Gasteiger partial charge in [-0.15, -0.1) is 21.5 Å². The molecule has 2 fully saturated rings. The number of aryl methyl sites for hydroxylation is 2. The lowest BCUT2D eigenvalue weighted by molar-refractivity contribution is -0.117. The zero-order valence-electron chi connectivity index (χ0n) is 20.9. The number of aromatic nitrogens is 5. The minimum atomic E-state index is -2.75. The Balaban J connectivity index is 1.25. The molecule has 3 aromatic heterocycles. The van der Waals surface area contributed by atoms with Crippen LogP contribution in [0.5, 0.6) is 0 Å². The highest BCUT2D eigenvalue weighted by atomic mass is 32.1. The van der Waals surface area contributed by atoms with Crippen LogP contribution in [0.2, 0.25) is 0 Å². The van der Waals surface area contributed by atoms with Crippen LogP contribution in [-0.2, 0) is 24.7 Å². The lowest BCUT2D eigenvalue weighted by Crippen LogP contribution is -2.29. The quantitative estimate of drug-likeness (QED) is 0.334. The van der Waals surface area contributed by atoms with Gasteiger partial charge in [-0.1, -0.05) is 0 Å². The molecule has 3 aromatic rings. The molecule has 2 saturated carbocycles. The van der Waals surface area contributed by atoms with E-state index in [-0.39, 0.29) is 36.5 Å². The minimum Gasteiger partial charge on any atom is -0.351 e. The lowest BCUT2D eigenvalue weighted by atomic mass is 9.91. The van der Waals surface area contributed by atoms with Crippen molar-refractivity contribution in [3.8, 4) is 0 Å². The molecule has 0 spiro atoms. The summed E-state index contributed by atoms with van der Waals surface area (Å²) in [6.45, 7) is -0.138. The fourth-order valence-electron chi connectivity index (χ4n) is 4.91. The molecule has 0 unspecified atom stereocenters. The molecule has 2 amide bonds. The molecule has 6 rings (SSSR count). The topological polar surface area (TPSA) is 119 Å². The van der Waals surface area contributed by atoms with Gasteiger partial charge in [-0.3, -0.25) is 18.8 Å². The van der Waals surface area contributed by atoms with Crippen LogP contribution >= 0.6 is 11.3 Å². The Morgan fingerprint density at radius 2 is 2.03 bits per heavy atom. The van der Waals surface area contributed by atoms with Crippen LogP contribution in [0.1, 0.15) is 64.6 Å². The number of rotatable bonds is 9. The number of hydrogen-bond acceptors (Lipinski definition) is 7. The first-order chi connectivity index (χ1) is 18.6. The molecule has 0 aliphatic heterocycles. The van der Waals surface area contributed by atoms with Crippen molar-refractivity contribution in [1.82, 2.24) is 29.9 Å². The SMILES string of the molecule is Cn1nc(C(F)F)cc1Nc1nncn1[C@H]1CCc2sc(NC(=O)C3CC3)c(C(=O)NC[C@@H]3CC3(F)F)c2C1. The fraction of sp³-hybridized carbons (Fsp3) is 0.542. The van der Waals surface area contributed by atoms with Crippen LogP contribution in [0, 0.1) is 11.8 Å². The predicted molar refractivity (Wildman–Crippen MR) is 134 cm³/mol. The molecular weight excluding hydrogens is 540 g/mol. The van der Waals surface area contributed by atoms with E-state index in [0.717, 1.165) is 23.3 Å². The number of thiophene rings is 1. The first-order valence-electron chi connectivity index (χ1n) is 12.7. The summed E-state index contributed by atoms with van der Waals surface area (Å²) in [5.41, 5.74) is 0.697. The first-order valence-corrected chi connectivity index (χ1v) is 13.5. The molecule has 3 aliphatic rings. The van der Waals surface area contributed by atoms with Crippen LogP contribution < -0.4 is 16.0 Å². The van der Waals surface area contributed by atoms with Crippen molar-refractivity contribution in [2.24, 2.45) is 18.9 Å². The molecule has 10 nitrogen and oxygen atoms in total. The maximum absolute atomic E-state index is 13.4. The van der Waals surface area contributed by atoms with Crippen molar-refractivity contribution in [3.63, 3.8) is 0 Å².